The van der Waals surface area contributed by atoms with Gasteiger partial charge in [-0.05, 0) is 13.8 Å². The molecule has 0 fully saturated rings. The van der Waals surface area contributed by atoms with Gasteiger partial charge in [-0.15, -0.1) is 0 Å². The van der Waals surface area contributed by atoms with Gasteiger partial charge in [-0.3, -0.25) is 11.3 Å². The maximum absolute atomic E-state index is 5.44. The fourth-order valence-electron chi connectivity index (χ4n) is 0.397. The van der Waals surface area contributed by atoms with E-state index in [2.05, 4.69) is 5.43 Å². The molecule has 0 aliphatic carbocycles. The van der Waals surface area contributed by atoms with Crippen molar-refractivity contribution in [1.29, 1.82) is 0 Å². The monoisotopic (exact) mass is 129 g/mol. The van der Waals surface area contributed by atoms with Crippen LogP contribution in [0, 0.1) is 0 Å². The Labute approximate surface area is 56.1 Å². The van der Waals surface area contributed by atoms with Gasteiger partial charge in [0.15, 0.2) is 0 Å². The molecule has 0 saturated carbocycles. The van der Waals surface area contributed by atoms with Crippen molar-refractivity contribution in [2.45, 2.75) is 25.9 Å². The minimum absolute atomic E-state index is 0.112. The van der Waals surface area contributed by atoms with Gasteiger partial charge in [0.1, 0.15) is 0 Å². The fraction of sp³-hybridized carbons (Fsp3) is 0.667. The lowest BCUT2D eigenvalue weighted by atomic mass is 10.2. The van der Waals surface area contributed by atoms with Crippen LogP contribution in [0.15, 0.2) is 12.2 Å². The molecule has 2 atom stereocenters. The molecule has 0 rings (SSSR count). The first-order chi connectivity index (χ1) is 4.16. The summed E-state index contributed by atoms with van der Waals surface area (Å²) in [4.78, 5) is 0. The molecule has 0 spiro atoms. The number of hydrazine groups is 1. The lowest BCUT2D eigenvalue weighted by Crippen LogP contribution is -2.31. The van der Waals surface area contributed by atoms with E-state index in [1.807, 2.05) is 26.0 Å². The molecule has 0 aromatic rings. The standard InChI is InChI=1S/C6H15N3/c1-5(7)3-4-6(2)9-8/h3-6,9H,7-8H2,1-2H3/b4-3-/t5-,6?/m0/s1. The summed E-state index contributed by atoms with van der Waals surface area (Å²) in [5.41, 5.74) is 8.02. The second-order valence-electron chi connectivity index (χ2n) is 2.20. The van der Waals surface area contributed by atoms with E-state index >= 15 is 0 Å². The predicted molar refractivity (Wildman–Crippen MR) is 39.6 cm³/mol. The Morgan fingerprint density at radius 3 is 2.22 bits per heavy atom. The van der Waals surface area contributed by atoms with Crippen LogP contribution in [0.5, 0.6) is 0 Å². The second-order valence-corrected chi connectivity index (χ2v) is 2.20. The van der Waals surface area contributed by atoms with Crippen molar-refractivity contribution in [2.75, 3.05) is 0 Å². The van der Waals surface area contributed by atoms with Gasteiger partial charge in [0.25, 0.3) is 0 Å². The molecule has 3 nitrogen and oxygen atoms in total. The average Bonchev–Trinajstić information content (AvgIpc) is 1.83. The molecule has 0 aliphatic rings. The highest BCUT2D eigenvalue weighted by molar-refractivity contribution is 4.94. The Balaban J connectivity index is 3.43. The highest BCUT2D eigenvalue weighted by atomic mass is 15.2. The highest BCUT2D eigenvalue weighted by Crippen LogP contribution is 1.83. The van der Waals surface area contributed by atoms with Gasteiger partial charge >= 0.3 is 0 Å². The Kier molecular flexibility index (Phi) is 4.30. The number of nitrogens with two attached hydrogens (primary N) is 2. The van der Waals surface area contributed by atoms with Gasteiger partial charge in [-0.1, -0.05) is 12.2 Å². The van der Waals surface area contributed by atoms with Crippen LogP contribution < -0.4 is 17.0 Å². The average molecular weight is 129 g/mol. The summed E-state index contributed by atoms with van der Waals surface area (Å²) in [6.45, 7) is 3.87. The number of hydrogen-bond donors (Lipinski definition) is 3. The fourth-order valence-corrected chi connectivity index (χ4v) is 0.397. The Bertz CT molecular complexity index is 88.3. The zero-order valence-corrected chi connectivity index (χ0v) is 5.96. The topological polar surface area (TPSA) is 64.1 Å². The Morgan fingerprint density at radius 2 is 1.89 bits per heavy atom. The number of hydrogen-bond acceptors (Lipinski definition) is 3. The summed E-state index contributed by atoms with van der Waals surface area (Å²) in [6.07, 6.45) is 3.84. The molecule has 0 aromatic heterocycles. The molecule has 5 N–H and O–H groups in total. The maximum Gasteiger partial charge on any atom is 0.0362 e. The summed E-state index contributed by atoms with van der Waals surface area (Å²) >= 11 is 0. The molecule has 0 amide bonds. The SMILES string of the molecule is CC(/C=C\[C@H](C)N)NN. The largest absolute Gasteiger partial charge is 0.325 e. The molecule has 3 heteroatoms. The molecular formula is C6H15N3. The maximum atomic E-state index is 5.44. The molecule has 0 saturated heterocycles. The van der Waals surface area contributed by atoms with E-state index in [1.54, 1.807) is 0 Å². The third-order valence-corrected chi connectivity index (χ3v) is 0.966. The van der Waals surface area contributed by atoms with E-state index in [0.29, 0.717) is 0 Å². The van der Waals surface area contributed by atoms with Gasteiger partial charge in [-0.25, -0.2) is 0 Å². The third-order valence-electron chi connectivity index (χ3n) is 0.966. The lowest BCUT2D eigenvalue weighted by molar-refractivity contribution is 0.665. The first kappa shape index (κ1) is 8.62. The summed E-state index contributed by atoms with van der Waals surface area (Å²) in [5.74, 6) is 5.12. The van der Waals surface area contributed by atoms with Gasteiger partial charge in [-0.2, -0.15) is 0 Å². The zero-order valence-electron chi connectivity index (χ0n) is 5.96. The molecular weight excluding hydrogens is 114 g/mol. The predicted octanol–water partition coefficient (Wildman–Crippen LogP) is -0.258. The quantitative estimate of drug-likeness (QED) is 0.279. The van der Waals surface area contributed by atoms with Gasteiger partial charge in [0, 0.05) is 12.1 Å². The van der Waals surface area contributed by atoms with Crippen LogP contribution in [0.25, 0.3) is 0 Å². The van der Waals surface area contributed by atoms with Crippen LogP contribution in [0.3, 0.4) is 0 Å². The molecule has 54 valence electrons. The second kappa shape index (κ2) is 4.49. The first-order valence-electron chi connectivity index (χ1n) is 3.07. The van der Waals surface area contributed by atoms with Crippen molar-refractivity contribution >= 4 is 0 Å². The molecule has 9 heavy (non-hydrogen) atoms. The Morgan fingerprint density at radius 1 is 1.33 bits per heavy atom. The highest BCUT2D eigenvalue weighted by Gasteiger charge is 1.89. The molecule has 0 radical (unpaired) electrons. The smallest absolute Gasteiger partial charge is 0.0362 e. The van der Waals surface area contributed by atoms with Crippen LogP contribution >= 0.6 is 0 Å². The summed E-state index contributed by atoms with van der Waals surface area (Å²) < 4.78 is 0. The molecule has 1 unspecified atom stereocenters. The van der Waals surface area contributed by atoms with Crippen molar-refractivity contribution in [1.82, 2.24) is 5.43 Å². The summed E-state index contributed by atoms with van der Waals surface area (Å²) in [5, 5.41) is 0. The van der Waals surface area contributed by atoms with E-state index in [0.717, 1.165) is 0 Å². The van der Waals surface area contributed by atoms with Crippen LogP contribution in [-0.4, -0.2) is 12.1 Å². The van der Waals surface area contributed by atoms with Gasteiger partial charge in [0.05, 0.1) is 0 Å². The van der Waals surface area contributed by atoms with E-state index in [9.17, 15) is 0 Å². The van der Waals surface area contributed by atoms with Crippen molar-refractivity contribution in [3.05, 3.63) is 12.2 Å². The van der Waals surface area contributed by atoms with Crippen LogP contribution in [0.4, 0.5) is 0 Å². The lowest BCUT2D eigenvalue weighted by Gasteiger charge is -2.02. The van der Waals surface area contributed by atoms with Crippen molar-refractivity contribution < 1.29 is 0 Å². The van der Waals surface area contributed by atoms with Crippen LogP contribution in [0.2, 0.25) is 0 Å². The van der Waals surface area contributed by atoms with E-state index in [1.165, 1.54) is 0 Å². The molecule has 0 aliphatic heterocycles. The van der Waals surface area contributed by atoms with Gasteiger partial charge in [0.2, 0.25) is 0 Å². The third kappa shape index (κ3) is 5.49. The Hall–Kier alpha value is -0.380. The summed E-state index contributed by atoms with van der Waals surface area (Å²) in [6, 6.07) is 0.316. The molecule has 0 heterocycles. The van der Waals surface area contributed by atoms with E-state index < -0.39 is 0 Å². The first-order valence-corrected chi connectivity index (χ1v) is 3.07. The van der Waals surface area contributed by atoms with Crippen molar-refractivity contribution in [2.24, 2.45) is 11.6 Å². The molecule has 0 bridgehead atoms. The minimum Gasteiger partial charge on any atom is -0.325 e. The normalized spacial score (nSPS) is 18.2. The molecule has 0 aromatic carbocycles. The zero-order chi connectivity index (χ0) is 7.28. The summed E-state index contributed by atoms with van der Waals surface area (Å²) in [7, 11) is 0. The van der Waals surface area contributed by atoms with E-state index in [4.69, 9.17) is 11.6 Å². The van der Waals surface area contributed by atoms with Crippen LogP contribution in [0.1, 0.15) is 13.8 Å². The van der Waals surface area contributed by atoms with Crippen molar-refractivity contribution in [3.8, 4) is 0 Å². The number of nitrogens with one attached hydrogen (secondary N) is 1. The van der Waals surface area contributed by atoms with Crippen molar-refractivity contribution in [3.63, 3.8) is 0 Å². The van der Waals surface area contributed by atoms with E-state index in [-0.39, 0.29) is 12.1 Å². The minimum atomic E-state index is 0.112. The number of rotatable bonds is 3. The van der Waals surface area contributed by atoms with Gasteiger partial charge < -0.3 is 5.73 Å². The van der Waals surface area contributed by atoms with Crippen LogP contribution in [-0.2, 0) is 0 Å².